The number of benzene rings is 1. The van der Waals surface area contributed by atoms with E-state index in [4.69, 9.17) is 12.6 Å². The van der Waals surface area contributed by atoms with Gasteiger partial charge in [0.25, 0.3) is 0 Å². The van der Waals surface area contributed by atoms with Crippen molar-refractivity contribution >= 4 is 23.5 Å². The van der Waals surface area contributed by atoms with E-state index in [1.165, 1.54) is 0 Å². The zero-order chi connectivity index (χ0) is 7.68. The molecule has 1 aromatic carbocycles. The van der Waals surface area contributed by atoms with Crippen LogP contribution < -0.4 is 29.6 Å². The number of pyridine rings is 1. The Bertz CT molecular complexity index is 392. The number of aromatic nitrogens is 1. The Labute approximate surface area is 110 Å². The van der Waals surface area contributed by atoms with E-state index in [-0.39, 0.29) is 40.5 Å². The van der Waals surface area contributed by atoms with Crippen LogP contribution in [-0.4, -0.2) is 15.9 Å². The van der Waals surface area contributed by atoms with E-state index in [1.54, 1.807) is 6.20 Å². The Morgan fingerprint density at radius 1 is 1.00 bits per heavy atom. The predicted octanol–water partition coefficient (Wildman–Crippen LogP) is -2.50. The molecule has 0 radical (unpaired) electrons. The molecule has 0 aliphatic heterocycles. The van der Waals surface area contributed by atoms with E-state index in [9.17, 15) is 0 Å². The molecular weight excluding hydrogens is 209 g/mol. The molecule has 14 heavy (non-hydrogen) atoms. The van der Waals surface area contributed by atoms with Gasteiger partial charge in [-0.1, -0.05) is 24.3 Å². The van der Waals surface area contributed by atoms with Crippen molar-refractivity contribution in [2.75, 3.05) is 0 Å². The molecular formula is C9H10NNaO2S. The Morgan fingerprint density at radius 2 is 1.64 bits per heavy atom. The minimum Gasteiger partial charge on any atom is -0.778 e. The molecule has 0 saturated heterocycles. The van der Waals surface area contributed by atoms with Gasteiger partial charge in [0.1, 0.15) is 0 Å². The van der Waals surface area contributed by atoms with Gasteiger partial charge in [0.2, 0.25) is 0 Å². The van der Waals surface area contributed by atoms with Crippen LogP contribution in [-0.2, 0) is 12.6 Å². The van der Waals surface area contributed by atoms with Crippen LogP contribution in [0.1, 0.15) is 0 Å². The van der Waals surface area contributed by atoms with Crippen LogP contribution in [0, 0.1) is 0 Å². The van der Waals surface area contributed by atoms with Crippen molar-refractivity contribution in [2.45, 2.75) is 4.90 Å². The number of hydrogen-bond donors (Lipinski definition) is 0. The third-order valence-electron chi connectivity index (χ3n) is 1.60. The fourth-order valence-corrected chi connectivity index (χ4v) is 1.33. The fourth-order valence-electron chi connectivity index (χ4n) is 1.08. The van der Waals surface area contributed by atoms with E-state index >= 15 is 0 Å². The second-order valence-corrected chi connectivity index (χ2v) is 2.77. The van der Waals surface area contributed by atoms with Crippen LogP contribution in [0.25, 0.3) is 10.9 Å². The van der Waals surface area contributed by atoms with Crippen LogP contribution in [0.15, 0.2) is 41.4 Å². The Hall–Kier alpha value is -0.230. The third kappa shape index (κ3) is 3.16. The number of fused-ring (bicyclic) bond motifs is 1. The molecule has 4 N–H and O–H groups in total. The van der Waals surface area contributed by atoms with Crippen molar-refractivity contribution < 1.29 is 40.5 Å². The first-order valence-electron chi connectivity index (χ1n) is 3.39. The summed E-state index contributed by atoms with van der Waals surface area (Å²) in [6.07, 6.45) is 1.76. The van der Waals surface area contributed by atoms with Crippen LogP contribution in [0.2, 0.25) is 0 Å². The molecule has 0 aliphatic rings. The molecule has 0 atom stereocenters. The summed E-state index contributed by atoms with van der Waals surface area (Å²) in [6, 6.07) is 9.78. The maximum Gasteiger partial charge on any atom is 1.00 e. The summed E-state index contributed by atoms with van der Waals surface area (Å²) in [4.78, 5) is 5.00. The molecule has 0 aliphatic carbocycles. The predicted molar refractivity (Wildman–Crippen MR) is 54.6 cm³/mol. The molecule has 0 saturated carbocycles. The Balaban J connectivity index is 0. The van der Waals surface area contributed by atoms with Crippen molar-refractivity contribution in [1.29, 1.82) is 0 Å². The van der Waals surface area contributed by atoms with Gasteiger partial charge in [0.15, 0.2) is 0 Å². The van der Waals surface area contributed by atoms with Crippen LogP contribution in [0.5, 0.6) is 0 Å². The van der Waals surface area contributed by atoms with E-state index < -0.39 is 0 Å². The minimum absolute atomic E-state index is 0. The summed E-state index contributed by atoms with van der Waals surface area (Å²) in [5.41, 5.74) is 0.921. The zero-order valence-electron chi connectivity index (χ0n) is 7.82. The monoisotopic (exact) mass is 219 g/mol. The van der Waals surface area contributed by atoms with E-state index in [1.807, 2.05) is 30.3 Å². The molecule has 0 bridgehead atoms. The topological polar surface area (TPSA) is 75.9 Å². The van der Waals surface area contributed by atoms with Gasteiger partial charge < -0.3 is 23.6 Å². The van der Waals surface area contributed by atoms with Crippen molar-refractivity contribution in [3.63, 3.8) is 0 Å². The minimum atomic E-state index is 0. The van der Waals surface area contributed by atoms with E-state index in [0.29, 0.717) is 0 Å². The molecule has 0 amide bonds. The summed E-state index contributed by atoms with van der Waals surface area (Å²) in [5, 5.41) is 1.11. The molecule has 70 valence electrons. The maximum absolute atomic E-state index is 5.09. The van der Waals surface area contributed by atoms with Gasteiger partial charge in [-0.2, -0.15) is 0 Å². The van der Waals surface area contributed by atoms with Crippen LogP contribution in [0.3, 0.4) is 0 Å². The smallest absolute Gasteiger partial charge is 0.778 e. The van der Waals surface area contributed by atoms with Gasteiger partial charge in [-0.15, -0.1) is 4.90 Å². The van der Waals surface area contributed by atoms with Crippen molar-refractivity contribution in [2.24, 2.45) is 0 Å². The number of rotatable bonds is 0. The molecule has 1 aromatic heterocycles. The Morgan fingerprint density at radius 3 is 2.29 bits per heavy atom. The van der Waals surface area contributed by atoms with Crippen molar-refractivity contribution in [3.8, 4) is 0 Å². The molecule has 0 unspecified atom stereocenters. The summed E-state index contributed by atoms with van der Waals surface area (Å²) < 4.78 is 0. The van der Waals surface area contributed by atoms with Crippen LogP contribution >= 0.6 is 0 Å². The van der Waals surface area contributed by atoms with Gasteiger partial charge in [-0.25, -0.2) is 0 Å². The zero-order valence-corrected chi connectivity index (χ0v) is 10.6. The molecule has 2 aromatic rings. The number of para-hydroxylation sites is 1. The van der Waals surface area contributed by atoms with E-state index in [2.05, 4.69) is 4.98 Å². The summed E-state index contributed by atoms with van der Waals surface area (Å²) in [7, 11) is 0. The molecule has 0 fully saturated rings. The SMILES string of the molecule is O.O.[Na+].[S-]c1cccc2cccnc12. The van der Waals surface area contributed by atoms with Gasteiger partial charge in [0, 0.05) is 6.20 Å². The molecule has 2 rings (SSSR count). The second kappa shape index (κ2) is 7.11. The number of nitrogens with zero attached hydrogens (tertiary/aromatic N) is 1. The molecule has 1 heterocycles. The molecule has 5 heteroatoms. The average molecular weight is 219 g/mol. The van der Waals surface area contributed by atoms with E-state index in [0.717, 1.165) is 15.8 Å². The number of hydrogen-bond acceptors (Lipinski definition) is 2. The Kier molecular flexibility index (Phi) is 8.24. The summed E-state index contributed by atoms with van der Waals surface area (Å²) in [5.74, 6) is 0. The standard InChI is InChI=1S/C9H7NS.Na.2H2O/c11-8-5-1-3-7-4-2-6-10-9(7)8;;;/h1-6,11H;;2*1H2/q;+1;;/p-1. The molecule has 0 spiro atoms. The quantitative estimate of drug-likeness (QED) is 0.362. The van der Waals surface area contributed by atoms with Gasteiger partial charge >= 0.3 is 29.6 Å². The normalized spacial score (nSPS) is 8.00. The second-order valence-electron chi connectivity index (χ2n) is 2.33. The van der Waals surface area contributed by atoms with Gasteiger partial charge in [0.05, 0.1) is 5.52 Å². The first kappa shape index (κ1) is 16.2. The van der Waals surface area contributed by atoms with Crippen molar-refractivity contribution in [1.82, 2.24) is 4.98 Å². The molecule has 3 nitrogen and oxygen atoms in total. The maximum atomic E-state index is 5.09. The largest absolute Gasteiger partial charge is 1.00 e. The third-order valence-corrected chi connectivity index (χ3v) is 1.93. The summed E-state index contributed by atoms with van der Waals surface area (Å²) >= 11 is 5.09. The first-order valence-corrected chi connectivity index (χ1v) is 3.79. The van der Waals surface area contributed by atoms with Gasteiger partial charge in [-0.3, -0.25) is 4.98 Å². The van der Waals surface area contributed by atoms with Crippen LogP contribution in [0.4, 0.5) is 0 Å². The van der Waals surface area contributed by atoms with Crippen molar-refractivity contribution in [3.05, 3.63) is 36.5 Å². The summed E-state index contributed by atoms with van der Waals surface area (Å²) in [6.45, 7) is 0. The fraction of sp³-hybridized carbons (Fsp3) is 0. The average Bonchev–Trinajstić information content (AvgIpc) is 2.06. The van der Waals surface area contributed by atoms with Gasteiger partial charge in [-0.05, 0) is 11.5 Å². The first-order chi connectivity index (χ1) is 5.38.